The van der Waals surface area contributed by atoms with Crippen molar-refractivity contribution in [3.05, 3.63) is 53.6 Å². The van der Waals surface area contributed by atoms with Gasteiger partial charge in [0.1, 0.15) is 0 Å². The summed E-state index contributed by atoms with van der Waals surface area (Å²) in [4.78, 5) is 11.5. The van der Waals surface area contributed by atoms with E-state index in [-0.39, 0.29) is 5.97 Å². The minimum Gasteiger partial charge on any atom is -0.493 e. The molecule has 0 saturated heterocycles. The van der Waals surface area contributed by atoms with Crippen LogP contribution in [-0.4, -0.2) is 37.5 Å². The van der Waals surface area contributed by atoms with Crippen LogP contribution < -0.4 is 9.47 Å². The Hall–Kier alpha value is -3.00. The summed E-state index contributed by atoms with van der Waals surface area (Å²) < 4.78 is 20.9. The van der Waals surface area contributed by atoms with E-state index >= 15 is 0 Å². The number of esters is 1. The maximum absolute atomic E-state index is 11.5. The van der Waals surface area contributed by atoms with Crippen LogP contribution in [0.1, 0.15) is 15.9 Å². The Kier molecular flexibility index (Phi) is 5.97. The van der Waals surface area contributed by atoms with Crippen molar-refractivity contribution in [2.75, 3.05) is 21.3 Å². The number of hydrogen-bond acceptors (Lipinski definition) is 8. The molecule has 0 radical (unpaired) electrons. The summed E-state index contributed by atoms with van der Waals surface area (Å²) in [6.07, 6.45) is 0. The highest BCUT2D eigenvalue weighted by atomic mass is 32.2. The Balaban J connectivity index is 1.67. The normalized spacial score (nSPS) is 10.5. The lowest BCUT2D eigenvalue weighted by Gasteiger charge is -2.07. The minimum atomic E-state index is -0.356. The molecule has 1 aromatic heterocycles. The number of benzene rings is 2. The van der Waals surface area contributed by atoms with E-state index in [1.54, 1.807) is 38.5 Å². The maximum atomic E-state index is 11.5. The van der Waals surface area contributed by atoms with Crippen molar-refractivity contribution in [3.63, 3.8) is 0 Å². The molecule has 0 aliphatic rings. The second-order valence-corrected chi connectivity index (χ2v) is 6.35. The van der Waals surface area contributed by atoms with E-state index in [0.29, 0.717) is 33.9 Å². The summed E-state index contributed by atoms with van der Waals surface area (Å²) in [5.41, 5.74) is 2.28. The molecule has 1 heterocycles. The van der Waals surface area contributed by atoms with Gasteiger partial charge in [0.15, 0.2) is 11.5 Å². The number of hydrogen-bond donors (Lipinski definition) is 0. The van der Waals surface area contributed by atoms with E-state index < -0.39 is 0 Å². The van der Waals surface area contributed by atoms with E-state index in [9.17, 15) is 4.79 Å². The second kappa shape index (κ2) is 8.59. The van der Waals surface area contributed by atoms with Gasteiger partial charge in [-0.05, 0) is 35.9 Å². The van der Waals surface area contributed by atoms with Gasteiger partial charge in [0.2, 0.25) is 5.89 Å². The fraction of sp³-hybridized carbons (Fsp3) is 0.211. The summed E-state index contributed by atoms with van der Waals surface area (Å²) >= 11 is 1.41. The molecule has 0 amide bonds. The quantitative estimate of drug-likeness (QED) is 0.447. The van der Waals surface area contributed by atoms with Crippen molar-refractivity contribution in [2.24, 2.45) is 0 Å². The zero-order valence-electron chi connectivity index (χ0n) is 15.1. The molecule has 0 aliphatic carbocycles. The van der Waals surface area contributed by atoms with Crippen LogP contribution in [0.3, 0.4) is 0 Å². The number of rotatable bonds is 7. The standard InChI is InChI=1S/C19H18N2O5S/c1-23-15-9-8-14(10-16(15)24-2)17-20-21-19(26-17)27-11-12-4-6-13(7-5-12)18(22)25-3/h4-10H,11H2,1-3H3. The molecule has 3 aromatic rings. The summed E-state index contributed by atoms with van der Waals surface area (Å²) in [5.74, 6) is 1.90. The molecule has 0 saturated carbocycles. The number of nitrogens with zero attached hydrogens (tertiary/aromatic N) is 2. The lowest BCUT2D eigenvalue weighted by Crippen LogP contribution is -2.00. The van der Waals surface area contributed by atoms with Gasteiger partial charge in [-0.25, -0.2) is 4.79 Å². The highest BCUT2D eigenvalue weighted by Gasteiger charge is 2.13. The van der Waals surface area contributed by atoms with Crippen molar-refractivity contribution in [3.8, 4) is 23.0 Å². The summed E-state index contributed by atoms with van der Waals surface area (Å²) in [6, 6.07) is 12.6. The van der Waals surface area contributed by atoms with E-state index in [2.05, 4.69) is 14.9 Å². The van der Waals surface area contributed by atoms with Gasteiger partial charge in [0.25, 0.3) is 5.22 Å². The lowest BCUT2D eigenvalue weighted by atomic mass is 10.1. The fourth-order valence-electron chi connectivity index (χ4n) is 2.35. The van der Waals surface area contributed by atoms with Crippen molar-refractivity contribution in [1.29, 1.82) is 0 Å². The predicted octanol–water partition coefficient (Wildman–Crippen LogP) is 3.83. The van der Waals surface area contributed by atoms with Crippen LogP contribution in [-0.2, 0) is 10.5 Å². The van der Waals surface area contributed by atoms with Crippen molar-refractivity contribution >= 4 is 17.7 Å². The number of carbonyl (C=O) groups excluding carboxylic acids is 1. The number of ether oxygens (including phenoxy) is 3. The van der Waals surface area contributed by atoms with Crippen LogP contribution in [0.2, 0.25) is 0 Å². The molecule has 2 aromatic carbocycles. The highest BCUT2D eigenvalue weighted by molar-refractivity contribution is 7.98. The maximum Gasteiger partial charge on any atom is 0.337 e. The fourth-order valence-corrected chi connectivity index (χ4v) is 3.07. The molecule has 140 valence electrons. The molecule has 3 rings (SSSR count). The molecule has 0 unspecified atom stereocenters. The molecule has 7 nitrogen and oxygen atoms in total. The molecular weight excluding hydrogens is 368 g/mol. The number of aromatic nitrogens is 2. The smallest absolute Gasteiger partial charge is 0.337 e. The number of methoxy groups -OCH3 is 3. The Labute approximate surface area is 160 Å². The van der Waals surface area contributed by atoms with Crippen molar-refractivity contribution < 1.29 is 23.4 Å². The lowest BCUT2D eigenvalue weighted by molar-refractivity contribution is 0.0600. The van der Waals surface area contributed by atoms with Gasteiger partial charge >= 0.3 is 5.97 Å². The summed E-state index contributed by atoms with van der Waals surface area (Å²) in [6.45, 7) is 0. The minimum absolute atomic E-state index is 0.356. The Morgan fingerprint density at radius 2 is 1.74 bits per heavy atom. The van der Waals surface area contributed by atoms with Gasteiger partial charge in [-0.3, -0.25) is 0 Å². The molecule has 27 heavy (non-hydrogen) atoms. The van der Waals surface area contributed by atoms with Gasteiger partial charge in [0, 0.05) is 11.3 Å². The predicted molar refractivity (Wildman–Crippen MR) is 100 cm³/mol. The van der Waals surface area contributed by atoms with Crippen molar-refractivity contribution in [2.45, 2.75) is 11.0 Å². The van der Waals surface area contributed by atoms with Crippen LogP contribution in [0.5, 0.6) is 11.5 Å². The number of thioether (sulfide) groups is 1. The third kappa shape index (κ3) is 4.40. The monoisotopic (exact) mass is 386 g/mol. The summed E-state index contributed by atoms with van der Waals surface area (Å²) in [7, 11) is 4.51. The zero-order valence-corrected chi connectivity index (χ0v) is 15.9. The van der Waals surface area contributed by atoms with E-state index in [0.717, 1.165) is 11.1 Å². The first kappa shape index (κ1) is 18.8. The molecule has 8 heteroatoms. The average Bonchev–Trinajstić information content (AvgIpc) is 3.20. The third-order valence-electron chi connectivity index (χ3n) is 3.77. The van der Waals surface area contributed by atoms with E-state index in [4.69, 9.17) is 13.9 Å². The van der Waals surface area contributed by atoms with Crippen LogP contribution in [0, 0.1) is 0 Å². The van der Waals surface area contributed by atoms with Gasteiger partial charge in [-0.1, -0.05) is 23.9 Å². The van der Waals surface area contributed by atoms with Crippen LogP contribution in [0.15, 0.2) is 52.1 Å². The number of carbonyl (C=O) groups is 1. The van der Waals surface area contributed by atoms with Crippen LogP contribution in [0.25, 0.3) is 11.5 Å². The Morgan fingerprint density at radius 1 is 1.00 bits per heavy atom. The molecule has 0 aliphatic heterocycles. The molecule has 0 fully saturated rings. The van der Waals surface area contributed by atoms with Gasteiger partial charge in [0.05, 0.1) is 26.9 Å². The molecule has 0 atom stereocenters. The first-order valence-electron chi connectivity index (χ1n) is 8.00. The van der Waals surface area contributed by atoms with Gasteiger partial charge in [-0.2, -0.15) is 0 Å². The highest BCUT2D eigenvalue weighted by Crippen LogP contribution is 2.33. The third-order valence-corrected chi connectivity index (χ3v) is 4.66. The SMILES string of the molecule is COC(=O)c1ccc(CSc2nnc(-c3ccc(OC)c(OC)c3)o2)cc1. The second-order valence-electron chi connectivity index (χ2n) is 5.42. The van der Waals surface area contributed by atoms with Crippen LogP contribution >= 0.6 is 11.8 Å². The molecule has 0 N–H and O–H groups in total. The summed E-state index contributed by atoms with van der Waals surface area (Å²) in [5, 5.41) is 8.60. The van der Waals surface area contributed by atoms with Crippen molar-refractivity contribution in [1.82, 2.24) is 10.2 Å². The molecule has 0 spiro atoms. The Bertz CT molecular complexity index is 924. The van der Waals surface area contributed by atoms with Crippen LogP contribution in [0.4, 0.5) is 0 Å². The molecule has 0 bridgehead atoms. The Morgan fingerprint density at radius 3 is 2.41 bits per heavy atom. The van der Waals surface area contributed by atoms with E-state index in [1.807, 2.05) is 18.2 Å². The largest absolute Gasteiger partial charge is 0.493 e. The first-order chi connectivity index (χ1) is 13.1. The topological polar surface area (TPSA) is 83.7 Å². The zero-order chi connectivity index (χ0) is 19.2. The van der Waals surface area contributed by atoms with Gasteiger partial charge in [-0.15, -0.1) is 10.2 Å². The van der Waals surface area contributed by atoms with E-state index in [1.165, 1.54) is 18.9 Å². The first-order valence-corrected chi connectivity index (χ1v) is 8.99. The molecular formula is C19H18N2O5S. The van der Waals surface area contributed by atoms with Gasteiger partial charge < -0.3 is 18.6 Å². The average molecular weight is 386 g/mol.